The molecule has 1 aliphatic rings. The number of likely N-dealkylation sites (N-methyl/N-ethyl adjacent to an activating group) is 1. The van der Waals surface area contributed by atoms with Gasteiger partial charge < -0.3 is 15.0 Å². The van der Waals surface area contributed by atoms with Gasteiger partial charge in [0.25, 0.3) is 5.91 Å². The lowest BCUT2D eigenvalue weighted by Crippen LogP contribution is -3.09. The van der Waals surface area contributed by atoms with E-state index in [0.29, 0.717) is 18.0 Å². The summed E-state index contributed by atoms with van der Waals surface area (Å²) in [5.41, 5.74) is 0.258. The van der Waals surface area contributed by atoms with Gasteiger partial charge in [-0.2, -0.15) is 0 Å². The average molecular weight is 376 g/mol. The molecule has 24 heavy (non-hydrogen) atoms. The Morgan fingerprint density at radius 3 is 2.75 bits per heavy atom. The third-order valence-corrected chi connectivity index (χ3v) is 6.28. The summed E-state index contributed by atoms with van der Waals surface area (Å²) in [6.45, 7) is 2.60. The SMILES string of the molecule is COc1ccc(Cl)cc1C[NH+](C)CC(=O)N[C@]1(C)CCS(=O)(=O)C1. The molecule has 134 valence electrons. The topological polar surface area (TPSA) is 76.9 Å². The molecule has 1 heterocycles. The van der Waals surface area contributed by atoms with E-state index in [-0.39, 0.29) is 24.0 Å². The fraction of sp³-hybridized carbons (Fsp3) is 0.562. The molecule has 2 atom stereocenters. The van der Waals surface area contributed by atoms with Crippen molar-refractivity contribution in [3.05, 3.63) is 28.8 Å². The number of sulfone groups is 1. The Kier molecular flexibility index (Phi) is 5.78. The number of ether oxygens (including phenoxy) is 1. The van der Waals surface area contributed by atoms with E-state index in [4.69, 9.17) is 16.3 Å². The number of hydrogen-bond donors (Lipinski definition) is 2. The molecule has 1 aromatic rings. The van der Waals surface area contributed by atoms with E-state index in [0.717, 1.165) is 16.2 Å². The zero-order chi connectivity index (χ0) is 18.0. The Morgan fingerprint density at radius 1 is 1.46 bits per heavy atom. The first-order valence-electron chi connectivity index (χ1n) is 7.78. The molecule has 6 nitrogen and oxygen atoms in total. The lowest BCUT2D eigenvalue weighted by atomic mass is 10.0. The Morgan fingerprint density at radius 2 is 2.17 bits per heavy atom. The van der Waals surface area contributed by atoms with Crippen molar-refractivity contribution >= 4 is 27.3 Å². The number of methoxy groups -OCH3 is 1. The minimum Gasteiger partial charge on any atom is -0.496 e. The molecule has 2 N–H and O–H groups in total. The van der Waals surface area contributed by atoms with Gasteiger partial charge in [-0.15, -0.1) is 0 Å². The number of amides is 1. The van der Waals surface area contributed by atoms with Gasteiger partial charge in [0.05, 0.1) is 31.2 Å². The zero-order valence-electron chi connectivity index (χ0n) is 14.2. The summed E-state index contributed by atoms with van der Waals surface area (Å²) in [5.74, 6) is 0.708. The number of nitrogens with one attached hydrogen (secondary N) is 2. The molecule has 1 amide bonds. The van der Waals surface area contributed by atoms with Crippen LogP contribution in [0.5, 0.6) is 5.75 Å². The largest absolute Gasteiger partial charge is 0.496 e. The van der Waals surface area contributed by atoms with Crippen LogP contribution in [0.3, 0.4) is 0 Å². The number of carbonyl (C=O) groups excluding carboxylic acids is 1. The summed E-state index contributed by atoms with van der Waals surface area (Å²) in [6, 6.07) is 5.38. The summed E-state index contributed by atoms with van der Waals surface area (Å²) >= 11 is 6.02. The molecule has 0 aromatic heterocycles. The molecular weight excluding hydrogens is 352 g/mol. The number of carbonyl (C=O) groups is 1. The maximum atomic E-state index is 12.3. The van der Waals surface area contributed by atoms with Crippen LogP contribution in [0.1, 0.15) is 18.9 Å². The normalized spacial score (nSPS) is 23.7. The maximum absolute atomic E-state index is 12.3. The minimum absolute atomic E-state index is 0.00685. The van der Waals surface area contributed by atoms with Crippen molar-refractivity contribution in [2.45, 2.75) is 25.4 Å². The Balaban J connectivity index is 1.94. The van der Waals surface area contributed by atoms with E-state index in [1.54, 1.807) is 26.2 Å². The van der Waals surface area contributed by atoms with Crippen LogP contribution in [-0.2, 0) is 21.2 Å². The monoisotopic (exact) mass is 375 g/mol. The van der Waals surface area contributed by atoms with Crippen LogP contribution in [0.4, 0.5) is 0 Å². The fourth-order valence-corrected chi connectivity index (χ4v) is 5.32. The molecule has 0 aliphatic carbocycles. The van der Waals surface area contributed by atoms with Gasteiger partial charge in [0.1, 0.15) is 12.3 Å². The third-order valence-electron chi connectivity index (χ3n) is 4.14. The lowest BCUT2D eigenvalue weighted by molar-refractivity contribution is -0.885. The van der Waals surface area contributed by atoms with Crippen molar-refractivity contribution in [1.82, 2.24) is 5.32 Å². The van der Waals surface area contributed by atoms with Crippen LogP contribution in [0.15, 0.2) is 18.2 Å². The average Bonchev–Trinajstić information content (AvgIpc) is 2.72. The second kappa shape index (κ2) is 7.29. The number of halogens is 1. The summed E-state index contributed by atoms with van der Waals surface area (Å²) in [7, 11) is 0.447. The molecule has 0 spiro atoms. The van der Waals surface area contributed by atoms with Crippen LogP contribution in [0.2, 0.25) is 5.02 Å². The van der Waals surface area contributed by atoms with Gasteiger partial charge in [-0.05, 0) is 31.5 Å². The third kappa shape index (κ3) is 5.09. The molecule has 8 heteroatoms. The number of rotatable bonds is 6. The Hall–Kier alpha value is -1.31. The van der Waals surface area contributed by atoms with Crippen LogP contribution >= 0.6 is 11.6 Å². The molecule has 0 radical (unpaired) electrons. The smallest absolute Gasteiger partial charge is 0.275 e. The number of hydrogen-bond acceptors (Lipinski definition) is 4. The fourth-order valence-electron chi connectivity index (χ4n) is 3.04. The molecule has 1 fully saturated rings. The maximum Gasteiger partial charge on any atom is 0.275 e. The predicted octanol–water partition coefficient (Wildman–Crippen LogP) is 0.0567. The van der Waals surface area contributed by atoms with E-state index < -0.39 is 15.4 Å². The molecule has 0 bridgehead atoms. The highest BCUT2D eigenvalue weighted by molar-refractivity contribution is 7.91. The van der Waals surface area contributed by atoms with Crippen molar-refractivity contribution in [1.29, 1.82) is 0 Å². The highest BCUT2D eigenvalue weighted by atomic mass is 35.5. The summed E-state index contributed by atoms with van der Waals surface area (Å²) in [6.07, 6.45) is 0.461. The summed E-state index contributed by atoms with van der Waals surface area (Å²) < 4.78 is 28.5. The van der Waals surface area contributed by atoms with Crippen LogP contribution in [0, 0.1) is 0 Å². The summed E-state index contributed by atoms with van der Waals surface area (Å²) in [5, 5.41) is 3.49. The van der Waals surface area contributed by atoms with E-state index in [2.05, 4.69) is 5.32 Å². The molecule has 1 saturated heterocycles. The van der Waals surface area contributed by atoms with Crippen molar-refractivity contribution in [3.8, 4) is 5.75 Å². The minimum atomic E-state index is -3.04. The predicted molar refractivity (Wildman–Crippen MR) is 93.3 cm³/mol. The second-order valence-corrected chi connectivity index (χ2v) is 9.34. The van der Waals surface area contributed by atoms with Gasteiger partial charge in [0, 0.05) is 10.6 Å². The Bertz CT molecular complexity index is 723. The first-order chi connectivity index (χ1) is 11.1. The van der Waals surface area contributed by atoms with Crippen LogP contribution < -0.4 is 15.0 Å². The molecule has 2 rings (SSSR count). The lowest BCUT2D eigenvalue weighted by Gasteiger charge is -2.24. The molecule has 0 saturated carbocycles. The van der Waals surface area contributed by atoms with Crippen molar-refractivity contribution in [2.75, 3.05) is 32.2 Å². The molecule has 1 aliphatic heterocycles. The summed E-state index contributed by atoms with van der Waals surface area (Å²) in [4.78, 5) is 13.2. The van der Waals surface area contributed by atoms with Gasteiger partial charge >= 0.3 is 0 Å². The molecule has 1 unspecified atom stereocenters. The standard InChI is InChI=1S/C16H23ClN2O4S/c1-16(6-7-24(21,22)11-16)18-15(20)10-19(2)9-12-8-13(17)4-5-14(12)23-3/h4-5,8H,6-7,9-11H2,1-3H3,(H,18,20)/p+1/t16-/m1/s1. The molecular formula is C16H24ClN2O4S+. The highest BCUT2D eigenvalue weighted by Gasteiger charge is 2.39. The first-order valence-corrected chi connectivity index (χ1v) is 9.97. The van der Waals surface area contributed by atoms with Gasteiger partial charge in [-0.25, -0.2) is 8.42 Å². The van der Waals surface area contributed by atoms with E-state index in [1.165, 1.54) is 0 Å². The van der Waals surface area contributed by atoms with Gasteiger partial charge in [-0.1, -0.05) is 11.6 Å². The van der Waals surface area contributed by atoms with E-state index >= 15 is 0 Å². The van der Waals surface area contributed by atoms with Crippen LogP contribution in [0.25, 0.3) is 0 Å². The van der Waals surface area contributed by atoms with Crippen molar-refractivity contribution in [3.63, 3.8) is 0 Å². The van der Waals surface area contributed by atoms with Gasteiger partial charge in [0.2, 0.25) is 0 Å². The number of quaternary nitrogens is 1. The number of benzene rings is 1. The highest BCUT2D eigenvalue weighted by Crippen LogP contribution is 2.23. The van der Waals surface area contributed by atoms with Gasteiger partial charge in [-0.3, -0.25) is 4.79 Å². The quantitative estimate of drug-likeness (QED) is 0.737. The van der Waals surface area contributed by atoms with Crippen molar-refractivity contribution < 1.29 is 22.8 Å². The van der Waals surface area contributed by atoms with Crippen LogP contribution in [-0.4, -0.2) is 52.1 Å². The Labute approximate surface area is 148 Å². The first kappa shape index (κ1) is 19.0. The van der Waals surface area contributed by atoms with Crippen molar-refractivity contribution in [2.24, 2.45) is 0 Å². The zero-order valence-corrected chi connectivity index (χ0v) is 15.8. The van der Waals surface area contributed by atoms with E-state index in [9.17, 15) is 13.2 Å². The molecule has 1 aromatic carbocycles. The van der Waals surface area contributed by atoms with Gasteiger partial charge in [0.15, 0.2) is 16.4 Å². The second-order valence-electron chi connectivity index (χ2n) is 6.72. The van der Waals surface area contributed by atoms with E-state index in [1.807, 2.05) is 13.1 Å².